The third-order valence-corrected chi connectivity index (χ3v) is 4.09. The van der Waals surface area contributed by atoms with Gasteiger partial charge < -0.3 is 19.5 Å². The van der Waals surface area contributed by atoms with Crippen LogP contribution in [0.15, 0.2) is 18.2 Å². The zero-order valence-electron chi connectivity index (χ0n) is 12.7. The Labute approximate surface area is 125 Å². The normalized spacial score (nSPS) is 15.5. The maximum Gasteiger partial charge on any atom is 0.407 e. The van der Waals surface area contributed by atoms with Crippen molar-refractivity contribution in [2.75, 3.05) is 14.2 Å². The molecule has 1 aliphatic carbocycles. The number of carboxylic acid groups (broad SMARTS) is 1. The van der Waals surface area contributed by atoms with Crippen LogP contribution in [0.1, 0.15) is 37.7 Å². The van der Waals surface area contributed by atoms with Gasteiger partial charge in [0.1, 0.15) is 0 Å². The quantitative estimate of drug-likeness (QED) is 0.902. The van der Waals surface area contributed by atoms with Gasteiger partial charge in [-0.05, 0) is 18.9 Å². The molecule has 5 nitrogen and oxygen atoms in total. The molecule has 0 heterocycles. The molecule has 0 bridgehead atoms. The first-order chi connectivity index (χ1) is 10.2. The van der Waals surface area contributed by atoms with Gasteiger partial charge in [-0.15, -0.1) is 0 Å². The number of hydrogen-bond acceptors (Lipinski definition) is 3. The number of para-hydroxylation sites is 1. The smallest absolute Gasteiger partial charge is 0.407 e. The Morgan fingerprint density at radius 3 is 2.52 bits per heavy atom. The molecule has 0 radical (unpaired) electrons. The van der Waals surface area contributed by atoms with Gasteiger partial charge in [0.05, 0.1) is 20.8 Å². The highest BCUT2D eigenvalue weighted by Gasteiger charge is 2.26. The van der Waals surface area contributed by atoms with Gasteiger partial charge in [-0.3, -0.25) is 0 Å². The van der Waals surface area contributed by atoms with Crippen molar-refractivity contribution in [3.63, 3.8) is 0 Å². The van der Waals surface area contributed by atoms with E-state index in [0.717, 1.165) is 31.2 Å². The van der Waals surface area contributed by atoms with Crippen LogP contribution in [0.3, 0.4) is 0 Å². The summed E-state index contributed by atoms with van der Waals surface area (Å²) in [6, 6.07) is 5.67. The first-order valence-electron chi connectivity index (χ1n) is 7.36. The second-order valence-electron chi connectivity index (χ2n) is 5.35. The molecule has 0 unspecified atom stereocenters. The summed E-state index contributed by atoms with van der Waals surface area (Å²) in [4.78, 5) is 13.1. The Bertz CT molecular complexity index is 483. The lowest BCUT2D eigenvalue weighted by atomic mass is 9.94. The summed E-state index contributed by atoms with van der Waals surface area (Å²) in [7, 11) is 3.16. The molecule has 1 aromatic carbocycles. The van der Waals surface area contributed by atoms with Gasteiger partial charge in [0.15, 0.2) is 11.5 Å². The Morgan fingerprint density at radius 1 is 1.24 bits per heavy atom. The second kappa shape index (κ2) is 7.20. The largest absolute Gasteiger partial charge is 0.493 e. The second-order valence-corrected chi connectivity index (χ2v) is 5.35. The standard InChI is InChI=1S/C16H23NO4/c1-20-14-10-6-7-12(15(14)21-2)11-17(16(18)19)13-8-4-3-5-9-13/h6-7,10,13H,3-5,8-9,11H2,1-2H3,(H,18,19). The maximum absolute atomic E-state index is 11.6. The van der Waals surface area contributed by atoms with E-state index in [0.29, 0.717) is 18.0 Å². The molecule has 1 N–H and O–H groups in total. The van der Waals surface area contributed by atoms with E-state index in [1.54, 1.807) is 14.2 Å². The Morgan fingerprint density at radius 2 is 1.95 bits per heavy atom. The lowest BCUT2D eigenvalue weighted by Gasteiger charge is -2.32. The molecule has 21 heavy (non-hydrogen) atoms. The van der Waals surface area contributed by atoms with Crippen molar-refractivity contribution >= 4 is 6.09 Å². The van der Waals surface area contributed by atoms with Crippen LogP contribution in [0, 0.1) is 0 Å². The zero-order valence-corrected chi connectivity index (χ0v) is 12.7. The van der Waals surface area contributed by atoms with E-state index in [1.165, 1.54) is 11.3 Å². The van der Waals surface area contributed by atoms with E-state index < -0.39 is 6.09 Å². The van der Waals surface area contributed by atoms with Gasteiger partial charge in [-0.1, -0.05) is 31.4 Å². The van der Waals surface area contributed by atoms with Crippen molar-refractivity contribution in [1.82, 2.24) is 4.90 Å². The number of carbonyl (C=O) groups is 1. The summed E-state index contributed by atoms with van der Waals surface area (Å²) in [5.74, 6) is 1.24. The highest BCUT2D eigenvalue weighted by molar-refractivity contribution is 5.66. The minimum Gasteiger partial charge on any atom is -0.493 e. The van der Waals surface area contributed by atoms with E-state index in [2.05, 4.69) is 0 Å². The van der Waals surface area contributed by atoms with Crippen LogP contribution in [-0.2, 0) is 6.54 Å². The fourth-order valence-corrected chi connectivity index (χ4v) is 3.01. The molecule has 1 amide bonds. The molecule has 0 aromatic heterocycles. The molecule has 1 aliphatic rings. The van der Waals surface area contributed by atoms with Crippen LogP contribution in [0.25, 0.3) is 0 Å². The topological polar surface area (TPSA) is 59.0 Å². The number of rotatable bonds is 5. The van der Waals surface area contributed by atoms with Crippen LogP contribution in [-0.4, -0.2) is 36.4 Å². The molecule has 0 atom stereocenters. The lowest BCUT2D eigenvalue weighted by Crippen LogP contribution is -2.40. The Balaban J connectivity index is 2.22. The van der Waals surface area contributed by atoms with Crippen LogP contribution in [0.2, 0.25) is 0 Å². The SMILES string of the molecule is COc1cccc(CN(C(=O)O)C2CCCCC2)c1OC. The fraction of sp³-hybridized carbons (Fsp3) is 0.562. The van der Waals surface area contributed by atoms with Crippen molar-refractivity contribution in [2.45, 2.75) is 44.7 Å². The van der Waals surface area contributed by atoms with Crippen LogP contribution in [0.5, 0.6) is 11.5 Å². The molecular formula is C16H23NO4. The van der Waals surface area contributed by atoms with Crippen LogP contribution < -0.4 is 9.47 Å². The minimum atomic E-state index is -0.869. The predicted molar refractivity (Wildman–Crippen MR) is 80.0 cm³/mol. The average molecular weight is 293 g/mol. The molecule has 0 spiro atoms. The fourth-order valence-electron chi connectivity index (χ4n) is 3.01. The first kappa shape index (κ1) is 15.5. The number of benzene rings is 1. The molecular weight excluding hydrogens is 270 g/mol. The average Bonchev–Trinajstić information content (AvgIpc) is 2.52. The van der Waals surface area contributed by atoms with Gasteiger partial charge in [0.25, 0.3) is 0 Å². The lowest BCUT2D eigenvalue weighted by molar-refractivity contribution is 0.106. The molecule has 1 aromatic rings. The van der Waals surface area contributed by atoms with E-state index in [4.69, 9.17) is 9.47 Å². The highest BCUT2D eigenvalue weighted by atomic mass is 16.5. The third-order valence-electron chi connectivity index (χ3n) is 4.09. The number of nitrogens with zero attached hydrogens (tertiary/aromatic N) is 1. The number of hydrogen-bond donors (Lipinski definition) is 1. The van der Waals surface area contributed by atoms with Crippen molar-refractivity contribution < 1.29 is 19.4 Å². The predicted octanol–water partition coefficient (Wildman–Crippen LogP) is 3.52. The van der Waals surface area contributed by atoms with Crippen molar-refractivity contribution in [1.29, 1.82) is 0 Å². The first-order valence-corrected chi connectivity index (χ1v) is 7.36. The molecule has 116 valence electrons. The minimum absolute atomic E-state index is 0.104. The van der Waals surface area contributed by atoms with E-state index in [-0.39, 0.29) is 6.04 Å². The van der Waals surface area contributed by atoms with Crippen LogP contribution >= 0.6 is 0 Å². The Kier molecular flexibility index (Phi) is 5.31. The molecule has 1 saturated carbocycles. The van der Waals surface area contributed by atoms with Crippen molar-refractivity contribution in [3.8, 4) is 11.5 Å². The van der Waals surface area contributed by atoms with Crippen molar-refractivity contribution in [3.05, 3.63) is 23.8 Å². The summed E-state index contributed by atoms with van der Waals surface area (Å²) in [5, 5.41) is 9.53. The molecule has 0 aliphatic heterocycles. The van der Waals surface area contributed by atoms with Gasteiger partial charge in [-0.25, -0.2) is 4.79 Å². The molecule has 1 fully saturated rings. The summed E-state index contributed by atoms with van der Waals surface area (Å²) >= 11 is 0. The monoisotopic (exact) mass is 293 g/mol. The highest BCUT2D eigenvalue weighted by Crippen LogP contribution is 2.33. The van der Waals surface area contributed by atoms with Gasteiger partial charge in [-0.2, -0.15) is 0 Å². The van der Waals surface area contributed by atoms with E-state index in [9.17, 15) is 9.90 Å². The number of amides is 1. The van der Waals surface area contributed by atoms with Crippen LogP contribution in [0.4, 0.5) is 4.79 Å². The molecule has 0 saturated heterocycles. The van der Waals surface area contributed by atoms with E-state index in [1.807, 2.05) is 18.2 Å². The van der Waals surface area contributed by atoms with Gasteiger partial charge in [0.2, 0.25) is 0 Å². The third kappa shape index (κ3) is 3.60. The van der Waals surface area contributed by atoms with Gasteiger partial charge in [0, 0.05) is 11.6 Å². The summed E-state index contributed by atoms with van der Waals surface area (Å²) in [5.41, 5.74) is 0.838. The summed E-state index contributed by atoms with van der Waals surface area (Å²) in [6.45, 7) is 0.334. The molecule has 5 heteroatoms. The maximum atomic E-state index is 11.6. The molecule has 2 rings (SSSR count). The van der Waals surface area contributed by atoms with Crippen molar-refractivity contribution in [2.24, 2.45) is 0 Å². The number of ether oxygens (including phenoxy) is 2. The van der Waals surface area contributed by atoms with Gasteiger partial charge >= 0.3 is 6.09 Å². The Hall–Kier alpha value is -1.91. The number of methoxy groups -OCH3 is 2. The van der Waals surface area contributed by atoms with E-state index >= 15 is 0 Å². The summed E-state index contributed by atoms with van der Waals surface area (Å²) in [6.07, 6.45) is 4.42. The summed E-state index contributed by atoms with van der Waals surface area (Å²) < 4.78 is 10.7. The zero-order chi connectivity index (χ0) is 15.2.